The number of hydrogen-bond donors (Lipinski definition) is 1. The summed E-state index contributed by atoms with van der Waals surface area (Å²) in [5, 5.41) is 40.2. The highest BCUT2D eigenvalue weighted by Crippen LogP contribution is 2.38. The summed E-state index contributed by atoms with van der Waals surface area (Å²) in [6, 6.07) is 6.56. The summed E-state index contributed by atoms with van der Waals surface area (Å²) in [7, 11) is 0. The smallest absolute Gasteiger partial charge is 0.324 e. The molecule has 0 aliphatic carbocycles. The number of non-ortho nitro benzene ring substituents is 1. The lowest BCUT2D eigenvalue weighted by molar-refractivity contribution is -0.404. The third-order valence-corrected chi connectivity index (χ3v) is 3.28. The highest BCUT2D eigenvalue weighted by Gasteiger charge is 2.30. The molecule has 0 fully saturated rings. The summed E-state index contributed by atoms with van der Waals surface area (Å²) in [6.45, 7) is 2.25. The Labute approximate surface area is 163 Å². The largest absolute Gasteiger partial charge is 0.497 e. The SMILES string of the molecule is CCOC(=O)CCc1ccccn1.O=[N+]([O-])c1cc([N+](=O)[O-])c(O)c([N+](=O)[O-])c1. The number of phenolic OH excluding ortho intramolecular Hbond substituents is 1. The van der Waals surface area contributed by atoms with E-state index in [-0.39, 0.29) is 5.97 Å². The van der Waals surface area contributed by atoms with Gasteiger partial charge in [-0.25, -0.2) is 0 Å². The van der Waals surface area contributed by atoms with Crippen LogP contribution in [0, 0.1) is 30.3 Å². The topological polar surface area (TPSA) is 189 Å². The quantitative estimate of drug-likeness (QED) is 0.405. The first-order valence-electron chi connectivity index (χ1n) is 8.03. The molecular formula is C16H16N4O9. The Bertz CT molecular complexity index is 868. The van der Waals surface area contributed by atoms with Crippen LogP contribution in [0.15, 0.2) is 36.5 Å². The fourth-order valence-electron chi connectivity index (χ4n) is 1.98. The second-order valence-electron chi connectivity index (χ2n) is 5.23. The minimum absolute atomic E-state index is 0.159. The number of pyridine rings is 1. The van der Waals surface area contributed by atoms with E-state index in [2.05, 4.69) is 4.98 Å². The Morgan fingerprint density at radius 1 is 1.07 bits per heavy atom. The lowest BCUT2D eigenvalue weighted by Crippen LogP contribution is -2.05. The molecule has 0 aliphatic heterocycles. The van der Waals surface area contributed by atoms with E-state index in [0.717, 1.165) is 5.69 Å². The molecule has 0 amide bonds. The number of esters is 1. The molecule has 0 atom stereocenters. The van der Waals surface area contributed by atoms with Crippen LogP contribution in [0.4, 0.5) is 17.1 Å². The average Bonchev–Trinajstić information content (AvgIpc) is 2.67. The van der Waals surface area contributed by atoms with Gasteiger partial charge in [0, 0.05) is 18.3 Å². The number of rotatable bonds is 7. The van der Waals surface area contributed by atoms with Crippen LogP contribution in [0.1, 0.15) is 19.0 Å². The molecule has 154 valence electrons. The summed E-state index contributed by atoms with van der Waals surface area (Å²) in [5.41, 5.74) is -2.08. The van der Waals surface area contributed by atoms with Crippen LogP contribution in [-0.2, 0) is 16.0 Å². The maximum absolute atomic E-state index is 11.0. The molecule has 0 spiro atoms. The van der Waals surface area contributed by atoms with Crippen LogP contribution in [0.25, 0.3) is 0 Å². The molecule has 2 rings (SSSR count). The van der Waals surface area contributed by atoms with E-state index in [0.29, 0.717) is 31.6 Å². The summed E-state index contributed by atoms with van der Waals surface area (Å²) in [6.07, 6.45) is 2.78. The van der Waals surface area contributed by atoms with E-state index in [1.54, 1.807) is 13.1 Å². The van der Waals surface area contributed by atoms with Gasteiger partial charge in [0.25, 0.3) is 11.4 Å². The molecule has 2 aromatic rings. The van der Waals surface area contributed by atoms with Gasteiger partial charge in [-0.2, -0.15) is 0 Å². The van der Waals surface area contributed by atoms with Crippen LogP contribution < -0.4 is 0 Å². The molecule has 13 nitrogen and oxygen atoms in total. The summed E-state index contributed by atoms with van der Waals surface area (Å²) >= 11 is 0. The van der Waals surface area contributed by atoms with Gasteiger partial charge in [-0.15, -0.1) is 0 Å². The Morgan fingerprint density at radius 3 is 2.07 bits per heavy atom. The number of phenols is 1. The summed E-state index contributed by atoms with van der Waals surface area (Å²) < 4.78 is 4.80. The molecule has 0 aliphatic rings. The van der Waals surface area contributed by atoms with Crippen LogP contribution in [0.3, 0.4) is 0 Å². The van der Waals surface area contributed by atoms with E-state index in [4.69, 9.17) is 9.84 Å². The van der Waals surface area contributed by atoms with E-state index in [1.807, 2.05) is 18.2 Å². The number of aromatic nitrogens is 1. The third kappa shape index (κ3) is 7.16. The zero-order valence-electron chi connectivity index (χ0n) is 15.1. The Kier molecular flexibility index (Phi) is 8.57. The summed E-state index contributed by atoms with van der Waals surface area (Å²) in [4.78, 5) is 42.8. The van der Waals surface area contributed by atoms with Crippen molar-refractivity contribution in [3.05, 3.63) is 72.6 Å². The van der Waals surface area contributed by atoms with Gasteiger partial charge in [0.1, 0.15) is 0 Å². The number of nitrogens with zero attached hydrogens (tertiary/aromatic N) is 4. The van der Waals surface area contributed by atoms with Crippen molar-refractivity contribution in [3.63, 3.8) is 0 Å². The zero-order chi connectivity index (χ0) is 22.0. The molecule has 0 unspecified atom stereocenters. The highest BCUT2D eigenvalue weighted by atomic mass is 16.6. The van der Waals surface area contributed by atoms with E-state index in [9.17, 15) is 35.1 Å². The molecule has 0 bridgehead atoms. The molecule has 1 aromatic heterocycles. The van der Waals surface area contributed by atoms with Crippen LogP contribution >= 0.6 is 0 Å². The Morgan fingerprint density at radius 2 is 1.66 bits per heavy atom. The van der Waals surface area contributed by atoms with Gasteiger partial charge >= 0.3 is 17.3 Å². The van der Waals surface area contributed by atoms with Crippen molar-refractivity contribution < 1.29 is 29.4 Å². The molecule has 1 heterocycles. The first-order chi connectivity index (χ1) is 13.7. The second kappa shape index (κ2) is 10.9. The molecule has 0 radical (unpaired) electrons. The number of hydrogen-bond acceptors (Lipinski definition) is 10. The van der Waals surface area contributed by atoms with Gasteiger partial charge in [-0.3, -0.25) is 40.1 Å². The van der Waals surface area contributed by atoms with E-state index in [1.165, 1.54) is 0 Å². The molecule has 0 saturated heterocycles. The number of ether oxygens (including phenoxy) is 1. The van der Waals surface area contributed by atoms with Crippen LogP contribution in [0.5, 0.6) is 5.75 Å². The standard InChI is InChI=1S/C10H13NO2.C6H3N3O7/c1-2-13-10(12)7-6-9-5-3-4-8-11-9;10-6-4(8(13)14)1-3(7(11)12)2-5(6)9(15)16/h3-5,8H,2,6-7H2,1H3;1-2,10H. The number of nitro groups is 3. The van der Waals surface area contributed by atoms with Crippen molar-refractivity contribution in [2.24, 2.45) is 0 Å². The number of aryl methyl sites for hydroxylation is 1. The maximum atomic E-state index is 11.0. The Balaban J connectivity index is 0.000000296. The number of nitro benzene ring substituents is 3. The number of carbonyl (C=O) groups excluding carboxylic acids is 1. The predicted octanol–water partition coefficient (Wildman–Crippen LogP) is 2.69. The molecule has 0 saturated carbocycles. The monoisotopic (exact) mass is 408 g/mol. The lowest BCUT2D eigenvalue weighted by Gasteiger charge is -2.00. The normalized spacial score (nSPS) is 9.69. The number of carbonyl (C=O) groups is 1. The minimum atomic E-state index is -1.21. The molecular weight excluding hydrogens is 392 g/mol. The minimum Gasteiger partial charge on any atom is -0.497 e. The second-order valence-corrected chi connectivity index (χ2v) is 5.23. The average molecular weight is 408 g/mol. The molecule has 29 heavy (non-hydrogen) atoms. The van der Waals surface area contributed by atoms with Crippen molar-refractivity contribution in [1.82, 2.24) is 4.98 Å². The number of aromatic hydroxyl groups is 1. The van der Waals surface area contributed by atoms with Gasteiger partial charge in [-0.1, -0.05) is 6.07 Å². The van der Waals surface area contributed by atoms with Crippen molar-refractivity contribution in [1.29, 1.82) is 0 Å². The van der Waals surface area contributed by atoms with Gasteiger partial charge in [0.2, 0.25) is 0 Å². The molecule has 1 N–H and O–H groups in total. The van der Waals surface area contributed by atoms with Gasteiger partial charge in [0.15, 0.2) is 0 Å². The predicted molar refractivity (Wildman–Crippen MR) is 97.3 cm³/mol. The van der Waals surface area contributed by atoms with Gasteiger partial charge in [-0.05, 0) is 19.1 Å². The van der Waals surface area contributed by atoms with Crippen LogP contribution in [-0.4, -0.2) is 37.4 Å². The van der Waals surface area contributed by atoms with Crippen molar-refractivity contribution >= 4 is 23.0 Å². The zero-order valence-corrected chi connectivity index (χ0v) is 15.1. The first-order valence-corrected chi connectivity index (χ1v) is 8.03. The molecule has 13 heteroatoms. The fourth-order valence-corrected chi connectivity index (χ4v) is 1.98. The summed E-state index contributed by atoms with van der Waals surface area (Å²) in [5.74, 6) is -1.37. The first kappa shape index (κ1) is 22.9. The molecule has 1 aromatic carbocycles. The lowest BCUT2D eigenvalue weighted by atomic mass is 10.2. The highest BCUT2D eigenvalue weighted by molar-refractivity contribution is 5.69. The maximum Gasteiger partial charge on any atom is 0.324 e. The third-order valence-electron chi connectivity index (χ3n) is 3.28. The van der Waals surface area contributed by atoms with Crippen molar-refractivity contribution in [2.75, 3.05) is 6.61 Å². The number of benzene rings is 1. The Hall–Kier alpha value is -4.16. The fraction of sp³-hybridized carbons (Fsp3) is 0.250. The van der Waals surface area contributed by atoms with Crippen molar-refractivity contribution in [3.8, 4) is 5.75 Å². The van der Waals surface area contributed by atoms with Gasteiger partial charge < -0.3 is 9.84 Å². The van der Waals surface area contributed by atoms with E-state index < -0.39 is 37.6 Å². The van der Waals surface area contributed by atoms with Crippen molar-refractivity contribution in [2.45, 2.75) is 19.8 Å². The van der Waals surface area contributed by atoms with E-state index >= 15 is 0 Å². The van der Waals surface area contributed by atoms with Gasteiger partial charge in [0.05, 0.1) is 39.9 Å². The van der Waals surface area contributed by atoms with Crippen LogP contribution in [0.2, 0.25) is 0 Å².